The van der Waals surface area contributed by atoms with Gasteiger partial charge in [0.25, 0.3) is 0 Å². The molecule has 1 saturated heterocycles. The molecule has 0 amide bonds. The molecule has 1 N–H and O–H groups in total. The Morgan fingerprint density at radius 2 is 2.33 bits per heavy atom. The molecule has 1 aromatic heterocycles. The largest absolute Gasteiger partial charge is 0.469 e. The average Bonchev–Trinajstić information content (AvgIpc) is 2.91. The first-order chi connectivity index (χ1) is 8.62. The molecule has 3 nitrogen and oxygen atoms in total. The topological polar surface area (TPSA) is 34.4 Å². The van der Waals surface area contributed by atoms with Gasteiger partial charge in [-0.05, 0) is 37.9 Å². The van der Waals surface area contributed by atoms with Crippen molar-refractivity contribution >= 4 is 0 Å². The molecule has 18 heavy (non-hydrogen) atoms. The first-order valence-corrected chi connectivity index (χ1v) is 6.97. The van der Waals surface area contributed by atoms with E-state index in [4.69, 9.17) is 9.15 Å². The van der Waals surface area contributed by atoms with Gasteiger partial charge in [-0.15, -0.1) is 0 Å². The van der Waals surface area contributed by atoms with Crippen molar-refractivity contribution in [1.82, 2.24) is 5.32 Å². The maximum Gasteiger partial charge on any atom is 0.104 e. The third-order valence-electron chi connectivity index (χ3n) is 3.97. The Morgan fingerprint density at radius 3 is 2.89 bits per heavy atom. The molecule has 0 saturated carbocycles. The number of nitrogens with one attached hydrogen (secondary N) is 1. The van der Waals surface area contributed by atoms with Crippen molar-refractivity contribution in [3.63, 3.8) is 0 Å². The van der Waals surface area contributed by atoms with Crippen LogP contribution in [-0.4, -0.2) is 25.8 Å². The van der Waals surface area contributed by atoms with E-state index in [2.05, 4.69) is 32.2 Å². The van der Waals surface area contributed by atoms with E-state index < -0.39 is 0 Å². The number of hydrogen-bond acceptors (Lipinski definition) is 3. The van der Waals surface area contributed by atoms with Crippen molar-refractivity contribution in [3.8, 4) is 0 Å². The molecule has 3 heteroatoms. The summed E-state index contributed by atoms with van der Waals surface area (Å²) in [6.07, 6.45) is 4.12. The van der Waals surface area contributed by atoms with E-state index in [0.717, 1.165) is 38.3 Å². The van der Waals surface area contributed by atoms with Crippen LogP contribution in [-0.2, 0) is 11.2 Å². The fourth-order valence-electron chi connectivity index (χ4n) is 2.72. The summed E-state index contributed by atoms with van der Waals surface area (Å²) in [6, 6.07) is 4.03. The van der Waals surface area contributed by atoms with E-state index in [9.17, 15) is 0 Å². The van der Waals surface area contributed by atoms with Crippen LogP contribution >= 0.6 is 0 Å². The lowest BCUT2D eigenvalue weighted by Crippen LogP contribution is -2.42. The van der Waals surface area contributed by atoms with Gasteiger partial charge in [0.15, 0.2) is 0 Å². The lowest BCUT2D eigenvalue weighted by Gasteiger charge is -2.32. The van der Waals surface area contributed by atoms with E-state index >= 15 is 0 Å². The van der Waals surface area contributed by atoms with Crippen molar-refractivity contribution in [2.24, 2.45) is 11.3 Å². The summed E-state index contributed by atoms with van der Waals surface area (Å²) in [6.45, 7) is 9.60. The lowest BCUT2D eigenvalue weighted by molar-refractivity contribution is 0.0601. The molecule has 2 unspecified atom stereocenters. The molecule has 1 aliphatic rings. The predicted octanol–water partition coefficient (Wildman–Crippen LogP) is 2.86. The zero-order valence-electron chi connectivity index (χ0n) is 11.7. The standard InChI is InChI=1S/C15H25NO2/c1-12(2)10-16-11-15(6-8-17-13(15)3)9-14-5-4-7-18-14/h4-5,7,12-13,16H,6,8-11H2,1-3H3. The lowest BCUT2D eigenvalue weighted by atomic mass is 9.77. The fraction of sp³-hybridized carbons (Fsp3) is 0.733. The van der Waals surface area contributed by atoms with Gasteiger partial charge in [-0.1, -0.05) is 13.8 Å². The number of furan rings is 1. The van der Waals surface area contributed by atoms with Crippen LogP contribution in [0.4, 0.5) is 0 Å². The highest BCUT2D eigenvalue weighted by atomic mass is 16.5. The van der Waals surface area contributed by atoms with E-state index in [1.54, 1.807) is 6.26 Å². The molecule has 1 aliphatic heterocycles. The minimum absolute atomic E-state index is 0.187. The SMILES string of the molecule is CC(C)CNCC1(Cc2ccco2)CCOC1C. The molecule has 0 aromatic carbocycles. The quantitative estimate of drug-likeness (QED) is 0.844. The van der Waals surface area contributed by atoms with Gasteiger partial charge in [-0.25, -0.2) is 0 Å². The monoisotopic (exact) mass is 251 g/mol. The van der Waals surface area contributed by atoms with Gasteiger partial charge in [0.2, 0.25) is 0 Å². The molecular weight excluding hydrogens is 226 g/mol. The van der Waals surface area contributed by atoms with Gasteiger partial charge in [0, 0.05) is 25.0 Å². The Kier molecular flexibility index (Phi) is 4.46. The summed E-state index contributed by atoms with van der Waals surface area (Å²) < 4.78 is 11.3. The molecule has 1 fully saturated rings. The van der Waals surface area contributed by atoms with Gasteiger partial charge in [-0.2, -0.15) is 0 Å². The van der Waals surface area contributed by atoms with Gasteiger partial charge in [0.1, 0.15) is 5.76 Å². The molecule has 102 valence electrons. The Bertz CT molecular complexity index is 347. The highest BCUT2D eigenvalue weighted by molar-refractivity contribution is 5.06. The van der Waals surface area contributed by atoms with Crippen molar-refractivity contribution in [1.29, 1.82) is 0 Å². The molecule has 0 radical (unpaired) electrons. The summed E-state index contributed by atoms with van der Waals surface area (Å²) >= 11 is 0. The van der Waals surface area contributed by atoms with Gasteiger partial charge in [0.05, 0.1) is 12.4 Å². The van der Waals surface area contributed by atoms with Crippen molar-refractivity contribution in [2.75, 3.05) is 19.7 Å². The van der Waals surface area contributed by atoms with Crippen LogP contribution < -0.4 is 5.32 Å². The first kappa shape index (κ1) is 13.6. The number of ether oxygens (including phenoxy) is 1. The van der Waals surface area contributed by atoms with Gasteiger partial charge < -0.3 is 14.5 Å². The molecule has 1 aromatic rings. The summed E-state index contributed by atoms with van der Waals surface area (Å²) in [5.41, 5.74) is 0.187. The number of rotatable bonds is 6. The minimum atomic E-state index is 0.187. The maximum atomic E-state index is 5.79. The van der Waals surface area contributed by atoms with Gasteiger partial charge in [-0.3, -0.25) is 0 Å². The zero-order chi connectivity index (χ0) is 13.0. The van der Waals surface area contributed by atoms with Crippen LogP contribution in [0.2, 0.25) is 0 Å². The predicted molar refractivity (Wildman–Crippen MR) is 72.6 cm³/mol. The second kappa shape index (κ2) is 5.89. The molecule has 0 spiro atoms. The Labute approximate surface area is 110 Å². The molecule has 0 bridgehead atoms. The van der Waals surface area contributed by atoms with Gasteiger partial charge >= 0.3 is 0 Å². The third kappa shape index (κ3) is 3.15. The van der Waals surface area contributed by atoms with E-state index in [0.29, 0.717) is 12.0 Å². The van der Waals surface area contributed by atoms with E-state index in [1.165, 1.54) is 0 Å². The molecule has 0 aliphatic carbocycles. The summed E-state index contributed by atoms with van der Waals surface area (Å²) in [5.74, 6) is 1.75. The van der Waals surface area contributed by atoms with E-state index in [1.807, 2.05) is 6.07 Å². The fourth-order valence-corrected chi connectivity index (χ4v) is 2.72. The molecule has 2 rings (SSSR count). The Hall–Kier alpha value is -0.800. The van der Waals surface area contributed by atoms with Crippen molar-refractivity contribution in [3.05, 3.63) is 24.2 Å². The third-order valence-corrected chi connectivity index (χ3v) is 3.97. The van der Waals surface area contributed by atoms with Crippen LogP contribution in [0.5, 0.6) is 0 Å². The van der Waals surface area contributed by atoms with Crippen LogP contribution in [0.25, 0.3) is 0 Å². The van der Waals surface area contributed by atoms with Crippen LogP contribution in [0.15, 0.2) is 22.8 Å². The molecular formula is C15H25NO2. The summed E-state index contributed by atoms with van der Waals surface area (Å²) in [5, 5.41) is 3.59. The van der Waals surface area contributed by atoms with Crippen LogP contribution in [0, 0.1) is 11.3 Å². The highest BCUT2D eigenvalue weighted by Gasteiger charge is 2.41. The normalized spacial score (nSPS) is 28.1. The average molecular weight is 251 g/mol. The minimum Gasteiger partial charge on any atom is -0.469 e. The van der Waals surface area contributed by atoms with Crippen molar-refractivity contribution in [2.45, 2.75) is 39.7 Å². The second-order valence-electron chi connectivity index (χ2n) is 5.91. The summed E-state index contributed by atoms with van der Waals surface area (Å²) in [7, 11) is 0. The van der Waals surface area contributed by atoms with Crippen molar-refractivity contribution < 1.29 is 9.15 Å². The maximum absolute atomic E-state index is 5.79. The van der Waals surface area contributed by atoms with Crippen LogP contribution in [0.3, 0.4) is 0 Å². The van der Waals surface area contributed by atoms with Crippen LogP contribution in [0.1, 0.15) is 33.0 Å². The van der Waals surface area contributed by atoms with E-state index in [-0.39, 0.29) is 5.41 Å². The zero-order valence-corrected chi connectivity index (χ0v) is 11.7. The molecule has 2 heterocycles. The molecule has 2 atom stereocenters. The highest BCUT2D eigenvalue weighted by Crippen LogP contribution is 2.37. The smallest absolute Gasteiger partial charge is 0.104 e. The number of hydrogen-bond donors (Lipinski definition) is 1. The summed E-state index contributed by atoms with van der Waals surface area (Å²) in [4.78, 5) is 0. The Balaban J connectivity index is 1.99. The first-order valence-electron chi connectivity index (χ1n) is 6.97. The Morgan fingerprint density at radius 1 is 1.50 bits per heavy atom. The second-order valence-corrected chi connectivity index (χ2v) is 5.91.